The SMILES string of the molecule is CC(C)(CNc1ccc(C(=O)O)o1)c1cccs1. The van der Waals surface area contributed by atoms with Gasteiger partial charge in [0.15, 0.2) is 5.88 Å². The Morgan fingerprint density at radius 1 is 1.44 bits per heavy atom. The molecular weight excluding hydrogens is 250 g/mol. The molecule has 0 atom stereocenters. The highest BCUT2D eigenvalue weighted by molar-refractivity contribution is 7.10. The van der Waals surface area contributed by atoms with Gasteiger partial charge in [0.25, 0.3) is 0 Å². The lowest BCUT2D eigenvalue weighted by Crippen LogP contribution is -2.26. The van der Waals surface area contributed by atoms with Gasteiger partial charge in [-0.2, -0.15) is 0 Å². The van der Waals surface area contributed by atoms with Crippen molar-refractivity contribution in [2.24, 2.45) is 0 Å². The molecule has 0 saturated carbocycles. The van der Waals surface area contributed by atoms with E-state index in [1.54, 1.807) is 17.4 Å². The first-order valence-corrected chi connectivity index (χ1v) is 6.48. The Morgan fingerprint density at radius 2 is 2.22 bits per heavy atom. The number of nitrogens with one attached hydrogen (secondary N) is 1. The number of furan rings is 1. The molecule has 0 aliphatic rings. The molecule has 0 saturated heterocycles. The highest BCUT2D eigenvalue weighted by atomic mass is 32.1. The number of hydrogen-bond donors (Lipinski definition) is 2. The van der Waals surface area contributed by atoms with Gasteiger partial charge in [0.05, 0.1) is 0 Å². The molecule has 0 unspecified atom stereocenters. The molecule has 5 heteroatoms. The molecule has 0 fully saturated rings. The van der Waals surface area contributed by atoms with Gasteiger partial charge in [-0.25, -0.2) is 4.79 Å². The lowest BCUT2D eigenvalue weighted by atomic mass is 9.91. The fraction of sp³-hybridized carbons (Fsp3) is 0.308. The molecule has 2 rings (SSSR count). The molecular formula is C13H15NO3S. The second-order valence-corrected chi connectivity index (χ2v) is 5.63. The summed E-state index contributed by atoms with van der Waals surface area (Å²) in [5.74, 6) is -0.621. The van der Waals surface area contributed by atoms with Crippen molar-refractivity contribution in [2.75, 3.05) is 11.9 Å². The summed E-state index contributed by atoms with van der Waals surface area (Å²) >= 11 is 1.71. The van der Waals surface area contributed by atoms with E-state index < -0.39 is 5.97 Å². The molecule has 2 N–H and O–H groups in total. The number of carboxylic acids is 1. The molecule has 96 valence electrons. The van der Waals surface area contributed by atoms with E-state index in [1.165, 1.54) is 10.9 Å². The molecule has 0 aliphatic heterocycles. The van der Waals surface area contributed by atoms with Gasteiger partial charge in [-0.3, -0.25) is 0 Å². The summed E-state index contributed by atoms with van der Waals surface area (Å²) < 4.78 is 5.15. The Labute approximate surface area is 109 Å². The Morgan fingerprint density at radius 3 is 2.78 bits per heavy atom. The van der Waals surface area contributed by atoms with Crippen LogP contribution in [0.2, 0.25) is 0 Å². The molecule has 0 radical (unpaired) electrons. The van der Waals surface area contributed by atoms with Gasteiger partial charge in [0.2, 0.25) is 5.76 Å². The van der Waals surface area contributed by atoms with Crippen molar-refractivity contribution in [2.45, 2.75) is 19.3 Å². The quantitative estimate of drug-likeness (QED) is 0.869. The third-order valence-corrected chi connectivity index (χ3v) is 3.95. The number of rotatable bonds is 5. The summed E-state index contributed by atoms with van der Waals surface area (Å²) in [5, 5.41) is 13.9. The molecule has 0 bridgehead atoms. The van der Waals surface area contributed by atoms with Gasteiger partial charge in [-0.1, -0.05) is 19.9 Å². The number of anilines is 1. The summed E-state index contributed by atoms with van der Waals surface area (Å²) in [4.78, 5) is 12.0. The molecule has 4 nitrogen and oxygen atoms in total. The van der Waals surface area contributed by atoms with Crippen LogP contribution in [0, 0.1) is 0 Å². The van der Waals surface area contributed by atoms with Crippen LogP contribution in [0.3, 0.4) is 0 Å². The van der Waals surface area contributed by atoms with E-state index in [4.69, 9.17) is 9.52 Å². The predicted octanol–water partition coefficient (Wildman–Crippen LogP) is 3.43. The minimum atomic E-state index is -1.06. The molecule has 0 aromatic carbocycles. The molecule has 2 heterocycles. The average molecular weight is 265 g/mol. The van der Waals surface area contributed by atoms with Crippen molar-refractivity contribution >= 4 is 23.2 Å². The summed E-state index contributed by atoms with van der Waals surface area (Å²) in [6.07, 6.45) is 0. The van der Waals surface area contributed by atoms with Crippen LogP contribution in [0.4, 0.5) is 5.88 Å². The average Bonchev–Trinajstić information content (AvgIpc) is 2.98. The van der Waals surface area contributed by atoms with E-state index in [1.807, 2.05) is 11.4 Å². The van der Waals surface area contributed by atoms with Gasteiger partial charge >= 0.3 is 5.97 Å². The van der Waals surface area contributed by atoms with Crippen molar-refractivity contribution in [3.05, 3.63) is 40.3 Å². The molecule has 0 aliphatic carbocycles. The van der Waals surface area contributed by atoms with E-state index >= 15 is 0 Å². The highest BCUT2D eigenvalue weighted by Crippen LogP contribution is 2.28. The number of thiophene rings is 1. The Kier molecular flexibility index (Phi) is 3.43. The monoisotopic (exact) mass is 265 g/mol. The van der Waals surface area contributed by atoms with Crippen molar-refractivity contribution in [1.82, 2.24) is 0 Å². The lowest BCUT2D eigenvalue weighted by Gasteiger charge is -2.23. The Hall–Kier alpha value is -1.75. The first-order chi connectivity index (χ1) is 8.49. The van der Waals surface area contributed by atoms with Gasteiger partial charge in [-0.15, -0.1) is 11.3 Å². The van der Waals surface area contributed by atoms with Crippen LogP contribution in [0.1, 0.15) is 29.3 Å². The van der Waals surface area contributed by atoms with Crippen LogP contribution in [-0.2, 0) is 5.41 Å². The van der Waals surface area contributed by atoms with Gasteiger partial charge in [-0.05, 0) is 17.5 Å². The van der Waals surface area contributed by atoms with Crippen LogP contribution in [0.25, 0.3) is 0 Å². The van der Waals surface area contributed by atoms with Crippen LogP contribution >= 0.6 is 11.3 Å². The van der Waals surface area contributed by atoms with Crippen molar-refractivity contribution in [1.29, 1.82) is 0 Å². The topological polar surface area (TPSA) is 62.5 Å². The summed E-state index contributed by atoms with van der Waals surface area (Å²) in [5.41, 5.74) is -0.0235. The predicted molar refractivity (Wildman–Crippen MR) is 71.5 cm³/mol. The van der Waals surface area contributed by atoms with Gasteiger partial charge in [0.1, 0.15) is 0 Å². The largest absolute Gasteiger partial charge is 0.475 e. The van der Waals surface area contributed by atoms with E-state index in [0.717, 1.165) is 0 Å². The first-order valence-electron chi connectivity index (χ1n) is 5.60. The zero-order valence-electron chi connectivity index (χ0n) is 10.3. The summed E-state index contributed by atoms with van der Waals surface area (Å²) in [6, 6.07) is 7.20. The summed E-state index contributed by atoms with van der Waals surface area (Å²) in [7, 11) is 0. The fourth-order valence-corrected chi connectivity index (χ4v) is 2.46. The lowest BCUT2D eigenvalue weighted by molar-refractivity contribution is 0.0663. The molecule has 2 aromatic heterocycles. The second kappa shape index (κ2) is 4.86. The molecule has 0 amide bonds. The third-order valence-electron chi connectivity index (χ3n) is 2.71. The number of aromatic carboxylic acids is 1. The van der Waals surface area contributed by atoms with E-state index in [-0.39, 0.29) is 11.2 Å². The fourth-order valence-electron chi connectivity index (χ4n) is 1.61. The van der Waals surface area contributed by atoms with E-state index in [9.17, 15) is 4.79 Å². The number of carboxylic acid groups (broad SMARTS) is 1. The van der Waals surface area contributed by atoms with Crippen LogP contribution in [-0.4, -0.2) is 17.6 Å². The summed E-state index contributed by atoms with van der Waals surface area (Å²) in [6.45, 7) is 4.94. The smallest absolute Gasteiger partial charge is 0.371 e. The van der Waals surface area contributed by atoms with E-state index in [2.05, 4.69) is 25.2 Å². The van der Waals surface area contributed by atoms with Crippen LogP contribution in [0.5, 0.6) is 0 Å². The zero-order valence-corrected chi connectivity index (χ0v) is 11.1. The van der Waals surface area contributed by atoms with Crippen LogP contribution in [0.15, 0.2) is 34.1 Å². The third kappa shape index (κ3) is 2.73. The second-order valence-electron chi connectivity index (χ2n) is 4.68. The van der Waals surface area contributed by atoms with Crippen LogP contribution < -0.4 is 5.32 Å². The van der Waals surface area contributed by atoms with Crippen molar-refractivity contribution < 1.29 is 14.3 Å². The highest BCUT2D eigenvalue weighted by Gasteiger charge is 2.22. The minimum absolute atomic E-state index is 0.0235. The Balaban J connectivity index is 2.00. The van der Waals surface area contributed by atoms with Crippen molar-refractivity contribution in [3.63, 3.8) is 0 Å². The normalized spacial score (nSPS) is 11.4. The molecule has 0 spiro atoms. The maximum Gasteiger partial charge on any atom is 0.371 e. The number of hydrogen-bond acceptors (Lipinski definition) is 4. The van der Waals surface area contributed by atoms with Crippen molar-refractivity contribution in [3.8, 4) is 0 Å². The van der Waals surface area contributed by atoms with Gasteiger partial charge < -0.3 is 14.8 Å². The first kappa shape index (κ1) is 12.7. The zero-order chi connectivity index (χ0) is 13.2. The molecule has 18 heavy (non-hydrogen) atoms. The molecule has 2 aromatic rings. The van der Waals surface area contributed by atoms with Gasteiger partial charge in [0, 0.05) is 22.9 Å². The Bertz CT molecular complexity index is 528. The number of carbonyl (C=O) groups is 1. The maximum atomic E-state index is 10.7. The standard InChI is InChI=1S/C13H15NO3S/c1-13(2,10-4-3-7-18-10)8-14-11-6-5-9(17-11)12(15)16/h3-7,14H,8H2,1-2H3,(H,15,16). The van der Waals surface area contributed by atoms with E-state index in [0.29, 0.717) is 12.4 Å². The minimum Gasteiger partial charge on any atom is -0.475 e. The maximum absolute atomic E-state index is 10.7.